The Bertz CT molecular complexity index is 1080. The summed E-state index contributed by atoms with van der Waals surface area (Å²) in [6.07, 6.45) is 7.55. The molecule has 0 saturated carbocycles. The molecule has 4 rings (SSSR count). The number of nitrogens with zero attached hydrogens (tertiary/aromatic N) is 3. The van der Waals surface area contributed by atoms with Crippen molar-refractivity contribution in [2.24, 2.45) is 5.73 Å². The van der Waals surface area contributed by atoms with Crippen LogP contribution in [0.1, 0.15) is 53.2 Å². The SMILES string of the molecule is NC(=O)c1cccc(-c2nccnc2[C@H]2CCCN(C(=O)CCCc3ccccc3)C2)c1. The molecule has 1 aliphatic rings. The summed E-state index contributed by atoms with van der Waals surface area (Å²) >= 11 is 0. The number of aromatic nitrogens is 2. The topological polar surface area (TPSA) is 89.2 Å². The van der Waals surface area contributed by atoms with Gasteiger partial charge in [0, 0.05) is 48.9 Å². The summed E-state index contributed by atoms with van der Waals surface area (Å²) in [5.41, 5.74) is 9.59. The number of aryl methyl sites for hydroxylation is 1. The number of rotatable bonds is 7. The number of nitrogens with two attached hydrogens (primary N) is 1. The third-order valence-corrected chi connectivity index (χ3v) is 6.01. The number of carbonyl (C=O) groups is 2. The van der Waals surface area contributed by atoms with Crippen molar-refractivity contribution in [3.05, 3.63) is 83.8 Å². The predicted octanol–water partition coefficient (Wildman–Crippen LogP) is 3.97. The molecule has 32 heavy (non-hydrogen) atoms. The average molecular weight is 429 g/mol. The minimum absolute atomic E-state index is 0.114. The fourth-order valence-corrected chi connectivity index (χ4v) is 4.36. The molecule has 6 nitrogen and oxygen atoms in total. The molecule has 1 aliphatic heterocycles. The summed E-state index contributed by atoms with van der Waals surface area (Å²) < 4.78 is 0. The van der Waals surface area contributed by atoms with Crippen LogP contribution in [0.2, 0.25) is 0 Å². The van der Waals surface area contributed by atoms with Crippen LogP contribution in [0.3, 0.4) is 0 Å². The van der Waals surface area contributed by atoms with Crippen LogP contribution < -0.4 is 5.73 Å². The first-order chi connectivity index (χ1) is 15.6. The van der Waals surface area contributed by atoms with Gasteiger partial charge < -0.3 is 10.6 Å². The summed E-state index contributed by atoms with van der Waals surface area (Å²) in [4.78, 5) is 35.6. The minimum Gasteiger partial charge on any atom is -0.366 e. The number of hydrogen-bond donors (Lipinski definition) is 1. The Morgan fingerprint density at radius 2 is 1.84 bits per heavy atom. The first-order valence-corrected chi connectivity index (χ1v) is 11.1. The molecule has 0 aliphatic carbocycles. The van der Waals surface area contributed by atoms with Gasteiger partial charge in [0.25, 0.3) is 0 Å². The molecule has 2 aromatic carbocycles. The standard InChI is InChI=1S/C26H28N4O2/c27-26(32)21-11-5-10-20(17-21)24-25(29-15-14-28-24)22-12-6-16-30(18-22)23(31)13-4-9-19-7-2-1-3-8-19/h1-3,5,7-8,10-11,14-15,17,22H,4,6,9,12-13,16,18H2,(H2,27,32)/t22-/m0/s1. The number of carbonyl (C=O) groups excluding carboxylic acids is 2. The van der Waals surface area contributed by atoms with Gasteiger partial charge >= 0.3 is 0 Å². The minimum atomic E-state index is -0.470. The van der Waals surface area contributed by atoms with Crippen molar-refractivity contribution in [1.82, 2.24) is 14.9 Å². The van der Waals surface area contributed by atoms with E-state index in [0.717, 1.165) is 49.2 Å². The molecular formula is C26H28N4O2. The van der Waals surface area contributed by atoms with Gasteiger partial charge in [0.2, 0.25) is 11.8 Å². The lowest BCUT2D eigenvalue weighted by Gasteiger charge is -2.33. The molecule has 1 fully saturated rings. The number of likely N-dealkylation sites (tertiary alicyclic amines) is 1. The zero-order valence-electron chi connectivity index (χ0n) is 18.1. The van der Waals surface area contributed by atoms with E-state index in [9.17, 15) is 9.59 Å². The Labute approximate surface area is 188 Å². The molecule has 164 valence electrons. The summed E-state index contributed by atoms with van der Waals surface area (Å²) in [6, 6.07) is 17.4. The third kappa shape index (κ3) is 5.19. The first-order valence-electron chi connectivity index (χ1n) is 11.1. The number of piperidine rings is 1. The maximum absolute atomic E-state index is 12.9. The molecule has 1 atom stereocenters. The van der Waals surface area contributed by atoms with Crippen molar-refractivity contribution in [3.63, 3.8) is 0 Å². The van der Waals surface area contributed by atoms with Crippen molar-refractivity contribution in [2.75, 3.05) is 13.1 Å². The second-order valence-electron chi connectivity index (χ2n) is 8.25. The zero-order chi connectivity index (χ0) is 22.3. The molecule has 2 heterocycles. The quantitative estimate of drug-likeness (QED) is 0.617. The highest BCUT2D eigenvalue weighted by Gasteiger charge is 2.27. The van der Waals surface area contributed by atoms with Crippen LogP contribution in [0.25, 0.3) is 11.3 Å². The monoisotopic (exact) mass is 428 g/mol. The molecule has 6 heteroatoms. The second-order valence-corrected chi connectivity index (χ2v) is 8.25. The van der Waals surface area contributed by atoms with Crippen molar-refractivity contribution >= 4 is 11.8 Å². The summed E-state index contributed by atoms with van der Waals surface area (Å²) in [5, 5.41) is 0. The molecule has 0 unspecified atom stereocenters. The fraction of sp³-hybridized carbons (Fsp3) is 0.308. The van der Waals surface area contributed by atoms with E-state index in [1.165, 1.54) is 5.56 Å². The average Bonchev–Trinajstić information content (AvgIpc) is 2.85. The summed E-state index contributed by atoms with van der Waals surface area (Å²) in [5.74, 6) is -0.156. The number of hydrogen-bond acceptors (Lipinski definition) is 4. The normalized spacial score (nSPS) is 16.0. The largest absolute Gasteiger partial charge is 0.366 e. The predicted molar refractivity (Wildman–Crippen MR) is 124 cm³/mol. The van der Waals surface area contributed by atoms with E-state index in [-0.39, 0.29) is 11.8 Å². The molecule has 3 aromatic rings. The second kappa shape index (κ2) is 10.2. The Balaban J connectivity index is 1.45. The zero-order valence-corrected chi connectivity index (χ0v) is 18.1. The Morgan fingerprint density at radius 3 is 2.66 bits per heavy atom. The van der Waals surface area contributed by atoms with E-state index >= 15 is 0 Å². The Kier molecular flexibility index (Phi) is 6.90. The van der Waals surface area contributed by atoms with Crippen LogP contribution in [0.15, 0.2) is 67.0 Å². The van der Waals surface area contributed by atoms with Crippen LogP contribution in [-0.4, -0.2) is 39.8 Å². The summed E-state index contributed by atoms with van der Waals surface area (Å²) in [6.45, 7) is 1.43. The Morgan fingerprint density at radius 1 is 1.03 bits per heavy atom. The van der Waals surface area contributed by atoms with E-state index in [1.54, 1.807) is 30.6 Å². The van der Waals surface area contributed by atoms with E-state index in [1.807, 2.05) is 29.2 Å². The van der Waals surface area contributed by atoms with Crippen molar-refractivity contribution in [1.29, 1.82) is 0 Å². The van der Waals surface area contributed by atoms with Crippen LogP contribution in [0.5, 0.6) is 0 Å². The van der Waals surface area contributed by atoms with E-state index < -0.39 is 5.91 Å². The molecule has 1 saturated heterocycles. The van der Waals surface area contributed by atoms with Gasteiger partial charge in [0.05, 0.1) is 11.4 Å². The molecule has 2 N–H and O–H groups in total. The van der Waals surface area contributed by atoms with E-state index in [0.29, 0.717) is 18.5 Å². The maximum atomic E-state index is 12.9. The number of primary amides is 1. The number of amides is 2. The van der Waals surface area contributed by atoms with Gasteiger partial charge in [-0.05, 0) is 43.4 Å². The number of benzene rings is 2. The van der Waals surface area contributed by atoms with Gasteiger partial charge in [-0.2, -0.15) is 0 Å². The third-order valence-electron chi connectivity index (χ3n) is 6.01. The fourth-order valence-electron chi connectivity index (χ4n) is 4.36. The van der Waals surface area contributed by atoms with Crippen molar-refractivity contribution in [3.8, 4) is 11.3 Å². The van der Waals surface area contributed by atoms with Crippen LogP contribution >= 0.6 is 0 Å². The highest BCUT2D eigenvalue weighted by atomic mass is 16.2. The van der Waals surface area contributed by atoms with Gasteiger partial charge in [0.1, 0.15) is 0 Å². The van der Waals surface area contributed by atoms with Gasteiger partial charge in [-0.15, -0.1) is 0 Å². The first kappa shape index (κ1) is 21.7. The highest BCUT2D eigenvalue weighted by molar-refractivity contribution is 5.94. The van der Waals surface area contributed by atoms with Gasteiger partial charge in [-0.1, -0.05) is 42.5 Å². The van der Waals surface area contributed by atoms with Crippen LogP contribution in [-0.2, 0) is 11.2 Å². The lowest BCUT2D eigenvalue weighted by atomic mass is 9.91. The highest BCUT2D eigenvalue weighted by Crippen LogP contribution is 2.32. The smallest absolute Gasteiger partial charge is 0.248 e. The van der Waals surface area contributed by atoms with Gasteiger partial charge in [-0.3, -0.25) is 19.6 Å². The van der Waals surface area contributed by atoms with E-state index in [4.69, 9.17) is 5.73 Å². The van der Waals surface area contributed by atoms with Gasteiger partial charge in [0.15, 0.2) is 0 Å². The molecule has 2 amide bonds. The lowest BCUT2D eigenvalue weighted by Crippen LogP contribution is -2.39. The molecule has 0 spiro atoms. The van der Waals surface area contributed by atoms with Crippen LogP contribution in [0, 0.1) is 0 Å². The Hall–Kier alpha value is -3.54. The molecule has 0 radical (unpaired) electrons. The van der Waals surface area contributed by atoms with Crippen LogP contribution in [0.4, 0.5) is 0 Å². The van der Waals surface area contributed by atoms with E-state index in [2.05, 4.69) is 22.1 Å². The van der Waals surface area contributed by atoms with Crippen molar-refractivity contribution in [2.45, 2.75) is 38.0 Å². The maximum Gasteiger partial charge on any atom is 0.248 e. The molecule has 1 aromatic heterocycles. The molecule has 0 bridgehead atoms. The van der Waals surface area contributed by atoms with Crippen molar-refractivity contribution < 1.29 is 9.59 Å². The lowest BCUT2D eigenvalue weighted by molar-refractivity contribution is -0.132. The summed E-state index contributed by atoms with van der Waals surface area (Å²) in [7, 11) is 0. The van der Waals surface area contributed by atoms with Gasteiger partial charge in [-0.25, -0.2) is 0 Å². The molecular weight excluding hydrogens is 400 g/mol.